The van der Waals surface area contributed by atoms with Crippen molar-refractivity contribution in [3.8, 4) is 11.5 Å². The van der Waals surface area contributed by atoms with Crippen LogP contribution >= 0.6 is 0 Å². The normalized spacial score (nSPS) is 10.8. The van der Waals surface area contributed by atoms with Gasteiger partial charge in [0.1, 0.15) is 0 Å². The van der Waals surface area contributed by atoms with Gasteiger partial charge in [0, 0.05) is 10.9 Å². The van der Waals surface area contributed by atoms with Crippen LogP contribution in [0.3, 0.4) is 0 Å². The van der Waals surface area contributed by atoms with E-state index in [0.717, 1.165) is 0 Å². The van der Waals surface area contributed by atoms with Crippen LogP contribution in [-0.2, 0) is 5.21 Å². The second-order valence-corrected chi connectivity index (χ2v) is 3.62. The van der Waals surface area contributed by atoms with Crippen molar-refractivity contribution in [1.82, 2.24) is 9.71 Å². The molecule has 0 atom stereocenters. The fraction of sp³-hybridized carbons (Fsp3) is 0. The first-order valence-electron chi connectivity index (χ1n) is 5.11. The number of rotatable bonds is 1. The lowest BCUT2D eigenvalue weighted by Gasteiger charge is -2.00. The quantitative estimate of drug-likeness (QED) is 0.466. The monoisotopic (exact) mass is 226 g/mol. The van der Waals surface area contributed by atoms with Gasteiger partial charge in [0.25, 0.3) is 0 Å². The number of benzene rings is 1. The van der Waals surface area contributed by atoms with Gasteiger partial charge in [-0.3, -0.25) is 0 Å². The van der Waals surface area contributed by atoms with Crippen LogP contribution in [0.4, 0.5) is 0 Å². The van der Waals surface area contributed by atoms with E-state index >= 15 is 0 Å². The summed E-state index contributed by atoms with van der Waals surface area (Å²) >= 11 is 0. The minimum atomic E-state index is 0.00630. The molecule has 0 aliphatic heterocycles. The van der Waals surface area contributed by atoms with Crippen molar-refractivity contribution in [1.29, 1.82) is 0 Å². The van der Waals surface area contributed by atoms with Crippen molar-refractivity contribution in [3.05, 3.63) is 53.9 Å². The third kappa shape index (κ3) is 1.32. The van der Waals surface area contributed by atoms with Crippen molar-refractivity contribution in [2.45, 2.75) is 0 Å². The van der Waals surface area contributed by atoms with Gasteiger partial charge < -0.3 is 5.21 Å². The zero-order valence-corrected chi connectivity index (χ0v) is 8.78. The molecule has 2 heterocycles. The molecule has 0 fully saturated rings. The number of aromatic nitrogens is 3. The van der Waals surface area contributed by atoms with E-state index in [2.05, 4.69) is 4.98 Å². The SMILES string of the molecule is [O]n1c(-c2ccccn2)[n+]([O-])c2ccccc21. The second kappa shape index (κ2) is 3.48. The lowest BCUT2D eigenvalue weighted by Crippen LogP contribution is -2.28. The van der Waals surface area contributed by atoms with Gasteiger partial charge in [-0.2, -0.15) is 0 Å². The highest BCUT2D eigenvalue weighted by Gasteiger charge is 2.24. The summed E-state index contributed by atoms with van der Waals surface area (Å²) in [6.07, 6.45) is 1.55. The molecule has 3 rings (SSSR count). The van der Waals surface area contributed by atoms with E-state index < -0.39 is 0 Å². The Labute approximate surface area is 96.7 Å². The summed E-state index contributed by atoms with van der Waals surface area (Å²) in [7, 11) is 0. The number of fused-ring (bicyclic) bond motifs is 1. The number of nitrogens with zero attached hydrogens (tertiary/aromatic N) is 3. The Bertz CT molecular complexity index is 638. The fourth-order valence-corrected chi connectivity index (χ4v) is 1.82. The Morgan fingerprint density at radius 2 is 1.88 bits per heavy atom. The molecule has 0 N–H and O–H groups in total. The van der Waals surface area contributed by atoms with Crippen molar-refractivity contribution >= 4 is 11.0 Å². The van der Waals surface area contributed by atoms with Crippen molar-refractivity contribution in [2.24, 2.45) is 0 Å². The summed E-state index contributed by atoms with van der Waals surface area (Å²) in [4.78, 5) is 4.02. The van der Waals surface area contributed by atoms with Gasteiger partial charge in [-0.05, 0) is 24.3 Å². The summed E-state index contributed by atoms with van der Waals surface area (Å²) in [6.45, 7) is 0. The van der Waals surface area contributed by atoms with Crippen LogP contribution in [0.2, 0.25) is 0 Å². The fourth-order valence-electron chi connectivity index (χ4n) is 1.82. The van der Waals surface area contributed by atoms with Gasteiger partial charge in [0.05, 0.1) is 0 Å². The molecule has 2 aromatic heterocycles. The molecule has 0 saturated heterocycles. The zero-order valence-electron chi connectivity index (χ0n) is 8.78. The summed E-state index contributed by atoms with van der Waals surface area (Å²) in [5, 5.41) is 24.0. The number of para-hydroxylation sites is 2. The number of hydrogen-bond donors (Lipinski definition) is 0. The molecule has 5 heteroatoms. The third-order valence-corrected chi connectivity index (χ3v) is 2.60. The topological polar surface area (TPSA) is 64.7 Å². The highest BCUT2D eigenvalue weighted by molar-refractivity contribution is 5.74. The minimum Gasteiger partial charge on any atom is -0.710 e. The average Bonchev–Trinajstić information content (AvgIpc) is 2.64. The predicted octanol–water partition coefficient (Wildman–Crippen LogP) is 1.53. The highest BCUT2D eigenvalue weighted by Crippen LogP contribution is 2.19. The lowest BCUT2D eigenvalue weighted by molar-refractivity contribution is -0.567. The third-order valence-electron chi connectivity index (χ3n) is 2.60. The van der Waals surface area contributed by atoms with Crippen LogP contribution in [0.15, 0.2) is 48.7 Å². The zero-order chi connectivity index (χ0) is 11.8. The maximum absolute atomic E-state index is 12.0. The van der Waals surface area contributed by atoms with E-state index in [1.165, 1.54) is 0 Å². The first kappa shape index (κ1) is 9.65. The van der Waals surface area contributed by atoms with Crippen molar-refractivity contribution in [2.75, 3.05) is 0 Å². The van der Waals surface area contributed by atoms with E-state index in [0.29, 0.717) is 26.2 Å². The Hall–Kier alpha value is -2.56. The number of pyridine rings is 1. The Balaban J connectivity index is 2.38. The molecule has 1 aromatic carbocycles. The highest BCUT2D eigenvalue weighted by atomic mass is 16.5. The van der Waals surface area contributed by atoms with Crippen LogP contribution in [0.1, 0.15) is 0 Å². The largest absolute Gasteiger partial charge is 0.710 e. The molecule has 0 unspecified atom stereocenters. The lowest BCUT2D eigenvalue weighted by atomic mass is 10.3. The molecule has 0 saturated carbocycles. The first-order chi connectivity index (χ1) is 8.29. The van der Waals surface area contributed by atoms with E-state index in [1.807, 2.05) is 0 Å². The van der Waals surface area contributed by atoms with Crippen LogP contribution in [-0.4, -0.2) is 9.71 Å². The van der Waals surface area contributed by atoms with E-state index in [1.54, 1.807) is 48.7 Å². The molecule has 1 radical (unpaired) electrons. The molecule has 0 aliphatic carbocycles. The van der Waals surface area contributed by atoms with Crippen LogP contribution in [0.5, 0.6) is 0 Å². The molecule has 3 aromatic rings. The first-order valence-corrected chi connectivity index (χ1v) is 5.11. The van der Waals surface area contributed by atoms with Crippen LogP contribution in [0, 0.1) is 5.21 Å². The molecule has 17 heavy (non-hydrogen) atoms. The van der Waals surface area contributed by atoms with Gasteiger partial charge in [-0.15, -0.1) is 0 Å². The number of imidazole rings is 1. The summed E-state index contributed by atoms with van der Waals surface area (Å²) < 4.78 is 1.23. The molecule has 0 bridgehead atoms. The van der Waals surface area contributed by atoms with Gasteiger partial charge in [0.2, 0.25) is 5.52 Å². The summed E-state index contributed by atoms with van der Waals surface area (Å²) in [5.41, 5.74) is 1.07. The van der Waals surface area contributed by atoms with Gasteiger partial charge in [-0.1, -0.05) is 23.4 Å². The molecular weight excluding hydrogens is 218 g/mol. The predicted molar refractivity (Wildman–Crippen MR) is 60.2 cm³/mol. The van der Waals surface area contributed by atoms with Crippen LogP contribution < -0.4 is 4.73 Å². The van der Waals surface area contributed by atoms with Gasteiger partial charge in [0.15, 0.2) is 11.2 Å². The number of hydrogen-bond acceptors (Lipinski definition) is 2. The Morgan fingerprint density at radius 1 is 1.12 bits per heavy atom. The Kier molecular flexibility index (Phi) is 1.98. The second-order valence-electron chi connectivity index (χ2n) is 3.62. The van der Waals surface area contributed by atoms with E-state index in [4.69, 9.17) is 0 Å². The maximum Gasteiger partial charge on any atom is 0.356 e. The van der Waals surface area contributed by atoms with Crippen molar-refractivity contribution in [3.63, 3.8) is 0 Å². The molecular formula is C12H8N3O2. The Morgan fingerprint density at radius 3 is 2.59 bits per heavy atom. The molecule has 83 valence electrons. The molecule has 0 aliphatic rings. The van der Waals surface area contributed by atoms with E-state index in [9.17, 15) is 10.4 Å². The molecule has 0 amide bonds. The van der Waals surface area contributed by atoms with Crippen molar-refractivity contribution < 1.29 is 9.94 Å². The minimum absolute atomic E-state index is 0.00630. The van der Waals surface area contributed by atoms with E-state index in [-0.39, 0.29) is 5.82 Å². The average molecular weight is 226 g/mol. The summed E-state index contributed by atoms with van der Waals surface area (Å²) in [5.74, 6) is 0.00630. The van der Waals surface area contributed by atoms with Gasteiger partial charge in [-0.25, -0.2) is 9.71 Å². The summed E-state index contributed by atoms with van der Waals surface area (Å²) in [6, 6.07) is 11.8. The van der Waals surface area contributed by atoms with Gasteiger partial charge >= 0.3 is 5.82 Å². The van der Waals surface area contributed by atoms with Crippen LogP contribution in [0.25, 0.3) is 22.6 Å². The molecule has 0 spiro atoms. The molecule has 5 nitrogen and oxygen atoms in total. The maximum atomic E-state index is 12.0. The standard InChI is InChI=1S/C12H8N3O2/c16-14-10-6-1-2-7-11(10)15(17)12(14)9-5-3-4-8-13-9/h1-8H. The smallest absolute Gasteiger partial charge is 0.356 e.